The molecular formula is C20H21FN2O4S. The van der Waals surface area contributed by atoms with Crippen molar-refractivity contribution in [1.82, 2.24) is 4.31 Å². The Bertz CT molecular complexity index is 999. The van der Waals surface area contributed by atoms with Crippen LogP contribution in [0.25, 0.3) is 6.08 Å². The summed E-state index contributed by atoms with van der Waals surface area (Å²) in [5.41, 5.74) is 0.870. The highest BCUT2D eigenvalue weighted by molar-refractivity contribution is 7.89. The average Bonchev–Trinajstić information content (AvgIpc) is 3.22. The third kappa shape index (κ3) is 4.58. The molecule has 2 aromatic carbocycles. The first-order chi connectivity index (χ1) is 13.4. The molecule has 3 rings (SSSR count). The molecule has 1 saturated heterocycles. The number of amides is 1. The minimum atomic E-state index is -3.55. The van der Waals surface area contributed by atoms with Crippen molar-refractivity contribution in [2.45, 2.75) is 17.7 Å². The second kappa shape index (κ2) is 8.53. The van der Waals surface area contributed by atoms with Crippen LogP contribution in [0.1, 0.15) is 18.4 Å². The van der Waals surface area contributed by atoms with Crippen LogP contribution in [0.3, 0.4) is 0 Å². The Labute approximate surface area is 163 Å². The molecule has 0 radical (unpaired) electrons. The molecule has 1 fully saturated rings. The van der Waals surface area contributed by atoms with Crippen LogP contribution in [-0.4, -0.2) is 38.8 Å². The van der Waals surface area contributed by atoms with Crippen molar-refractivity contribution >= 4 is 27.7 Å². The number of carbonyl (C=O) groups excluding carboxylic acids is 1. The number of rotatable bonds is 6. The van der Waals surface area contributed by atoms with Gasteiger partial charge in [0.25, 0.3) is 0 Å². The van der Waals surface area contributed by atoms with Gasteiger partial charge in [-0.2, -0.15) is 4.31 Å². The molecule has 2 aromatic rings. The van der Waals surface area contributed by atoms with Gasteiger partial charge in [0.1, 0.15) is 0 Å². The Balaban J connectivity index is 1.70. The summed E-state index contributed by atoms with van der Waals surface area (Å²) in [6.07, 6.45) is 4.42. The summed E-state index contributed by atoms with van der Waals surface area (Å²) in [6.45, 7) is 1.03. The van der Waals surface area contributed by atoms with Crippen LogP contribution in [0.4, 0.5) is 10.1 Å². The number of anilines is 1. The summed E-state index contributed by atoms with van der Waals surface area (Å²) in [5, 5.41) is 2.63. The van der Waals surface area contributed by atoms with Crippen molar-refractivity contribution in [2.24, 2.45) is 0 Å². The second-order valence-electron chi connectivity index (χ2n) is 6.36. The first-order valence-corrected chi connectivity index (χ1v) is 10.3. The largest absolute Gasteiger partial charge is 0.494 e. The van der Waals surface area contributed by atoms with Crippen molar-refractivity contribution in [2.75, 3.05) is 25.5 Å². The minimum Gasteiger partial charge on any atom is -0.494 e. The molecular weight excluding hydrogens is 383 g/mol. The van der Waals surface area contributed by atoms with Gasteiger partial charge in [0.15, 0.2) is 11.6 Å². The Morgan fingerprint density at radius 3 is 2.61 bits per heavy atom. The van der Waals surface area contributed by atoms with Crippen molar-refractivity contribution < 1.29 is 22.3 Å². The number of hydrogen-bond donors (Lipinski definition) is 1. The van der Waals surface area contributed by atoms with Crippen LogP contribution in [0.15, 0.2) is 53.4 Å². The number of methoxy groups -OCH3 is 1. The summed E-state index contributed by atoms with van der Waals surface area (Å²) >= 11 is 0. The van der Waals surface area contributed by atoms with E-state index in [9.17, 15) is 17.6 Å². The van der Waals surface area contributed by atoms with E-state index in [4.69, 9.17) is 4.74 Å². The Morgan fingerprint density at radius 1 is 1.18 bits per heavy atom. The lowest BCUT2D eigenvalue weighted by molar-refractivity contribution is -0.111. The average molecular weight is 404 g/mol. The maximum Gasteiger partial charge on any atom is 0.248 e. The van der Waals surface area contributed by atoms with Crippen LogP contribution in [0.5, 0.6) is 5.75 Å². The second-order valence-corrected chi connectivity index (χ2v) is 8.29. The van der Waals surface area contributed by atoms with Gasteiger partial charge >= 0.3 is 0 Å². The molecule has 1 heterocycles. The van der Waals surface area contributed by atoms with E-state index in [1.807, 2.05) is 0 Å². The minimum absolute atomic E-state index is 0.123. The highest BCUT2D eigenvalue weighted by atomic mass is 32.2. The van der Waals surface area contributed by atoms with Crippen LogP contribution in [0, 0.1) is 5.82 Å². The molecule has 0 aromatic heterocycles. The third-order valence-electron chi connectivity index (χ3n) is 4.41. The van der Waals surface area contributed by atoms with Gasteiger partial charge in [-0.15, -0.1) is 0 Å². The van der Waals surface area contributed by atoms with Gasteiger partial charge in [0.05, 0.1) is 12.0 Å². The molecule has 1 aliphatic heterocycles. The van der Waals surface area contributed by atoms with E-state index in [0.29, 0.717) is 24.3 Å². The van der Waals surface area contributed by atoms with E-state index in [1.165, 1.54) is 47.8 Å². The van der Waals surface area contributed by atoms with Crippen LogP contribution >= 0.6 is 0 Å². The number of halogens is 1. The van der Waals surface area contributed by atoms with Gasteiger partial charge in [-0.05, 0) is 54.8 Å². The van der Waals surface area contributed by atoms with E-state index >= 15 is 0 Å². The van der Waals surface area contributed by atoms with Gasteiger partial charge in [-0.3, -0.25) is 4.79 Å². The predicted octanol–water partition coefficient (Wildman–Crippen LogP) is 3.27. The molecule has 0 atom stereocenters. The number of carbonyl (C=O) groups is 1. The zero-order chi connectivity index (χ0) is 20.1. The lowest BCUT2D eigenvalue weighted by atomic mass is 10.2. The Hall–Kier alpha value is -2.71. The van der Waals surface area contributed by atoms with E-state index in [-0.39, 0.29) is 10.6 Å². The fraction of sp³-hybridized carbons (Fsp3) is 0.250. The van der Waals surface area contributed by atoms with Gasteiger partial charge < -0.3 is 10.1 Å². The molecule has 0 aliphatic carbocycles. The van der Waals surface area contributed by atoms with Gasteiger partial charge in [-0.1, -0.05) is 12.1 Å². The van der Waals surface area contributed by atoms with Crippen LogP contribution in [-0.2, 0) is 14.8 Å². The Morgan fingerprint density at radius 2 is 1.93 bits per heavy atom. The first-order valence-electron chi connectivity index (χ1n) is 8.83. The number of ether oxygens (including phenoxy) is 1. The molecule has 8 heteroatoms. The van der Waals surface area contributed by atoms with E-state index in [2.05, 4.69) is 5.32 Å². The van der Waals surface area contributed by atoms with Crippen molar-refractivity contribution in [3.63, 3.8) is 0 Å². The van der Waals surface area contributed by atoms with Crippen LogP contribution < -0.4 is 10.1 Å². The predicted molar refractivity (Wildman–Crippen MR) is 105 cm³/mol. The van der Waals surface area contributed by atoms with Crippen molar-refractivity contribution in [3.8, 4) is 5.75 Å². The molecule has 148 valence electrons. The molecule has 0 unspecified atom stereocenters. The molecule has 1 amide bonds. The van der Waals surface area contributed by atoms with E-state index < -0.39 is 21.7 Å². The Kier molecular flexibility index (Phi) is 6.11. The molecule has 0 spiro atoms. The molecule has 0 saturated carbocycles. The number of nitrogens with zero attached hydrogens (tertiary/aromatic N) is 1. The normalized spacial score (nSPS) is 15.1. The molecule has 1 aliphatic rings. The molecule has 28 heavy (non-hydrogen) atoms. The number of benzene rings is 2. The fourth-order valence-electron chi connectivity index (χ4n) is 2.95. The van der Waals surface area contributed by atoms with E-state index in [1.54, 1.807) is 18.2 Å². The maximum absolute atomic E-state index is 13.7. The van der Waals surface area contributed by atoms with Gasteiger partial charge in [0, 0.05) is 24.9 Å². The fourth-order valence-corrected chi connectivity index (χ4v) is 4.52. The van der Waals surface area contributed by atoms with Crippen LogP contribution in [0.2, 0.25) is 0 Å². The lowest BCUT2D eigenvalue weighted by Gasteiger charge is -2.16. The number of sulfonamides is 1. The summed E-state index contributed by atoms with van der Waals surface area (Å²) in [7, 11) is -2.18. The zero-order valence-corrected chi connectivity index (χ0v) is 16.2. The smallest absolute Gasteiger partial charge is 0.248 e. The number of nitrogens with one attached hydrogen (secondary N) is 1. The monoisotopic (exact) mass is 404 g/mol. The summed E-state index contributed by atoms with van der Waals surface area (Å²) < 4.78 is 45.2. The highest BCUT2D eigenvalue weighted by Gasteiger charge is 2.27. The topological polar surface area (TPSA) is 75.7 Å². The van der Waals surface area contributed by atoms with Crippen molar-refractivity contribution in [1.29, 1.82) is 0 Å². The van der Waals surface area contributed by atoms with Gasteiger partial charge in [-0.25, -0.2) is 12.8 Å². The lowest BCUT2D eigenvalue weighted by Crippen LogP contribution is -2.27. The summed E-state index contributed by atoms with van der Waals surface area (Å²) in [4.78, 5) is 12.3. The van der Waals surface area contributed by atoms with Crippen molar-refractivity contribution in [3.05, 3.63) is 59.9 Å². The quantitative estimate of drug-likeness (QED) is 0.750. The molecule has 0 bridgehead atoms. The number of hydrogen-bond acceptors (Lipinski definition) is 4. The molecule has 1 N–H and O–H groups in total. The SMILES string of the molecule is COc1ccc(/C=C/C(=O)Nc2cccc(S(=O)(=O)N3CCCC3)c2)cc1F. The summed E-state index contributed by atoms with van der Waals surface area (Å²) in [6, 6.07) is 10.5. The molecule has 6 nitrogen and oxygen atoms in total. The highest BCUT2D eigenvalue weighted by Crippen LogP contribution is 2.23. The van der Waals surface area contributed by atoms with E-state index in [0.717, 1.165) is 12.8 Å². The third-order valence-corrected chi connectivity index (χ3v) is 6.30. The summed E-state index contributed by atoms with van der Waals surface area (Å²) in [5.74, 6) is -0.852. The standard InChI is InChI=1S/C20H21FN2O4S/c1-27-19-9-7-15(13-18(19)21)8-10-20(24)22-16-5-4-6-17(14-16)28(25,26)23-11-2-3-12-23/h4-10,13-14H,2-3,11-12H2,1H3,(H,22,24)/b10-8+. The maximum atomic E-state index is 13.7. The zero-order valence-electron chi connectivity index (χ0n) is 15.4. The first kappa shape index (κ1) is 20.0. The van der Waals surface area contributed by atoms with Gasteiger partial charge in [0.2, 0.25) is 15.9 Å².